The molecule has 2 heterocycles. The van der Waals surface area contributed by atoms with Crippen LogP contribution in [0.2, 0.25) is 0 Å². The minimum absolute atomic E-state index is 0.249. The van der Waals surface area contributed by atoms with Gasteiger partial charge in [0.1, 0.15) is 15.5 Å². The number of aryl methyl sites for hydroxylation is 2. The number of methoxy groups -OCH3 is 1. The van der Waals surface area contributed by atoms with Crippen molar-refractivity contribution >= 4 is 49.7 Å². The molecule has 6 heteroatoms. The summed E-state index contributed by atoms with van der Waals surface area (Å²) in [5, 5.41) is 4.76. The predicted octanol–water partition coefficient (Wildman–Crippen LogP) is 4.91. The topological polar surface area (TPSA) is 77.2 Å². The van der Waals surface area contributed by atoms with Crippen molar-refractivity contribution in [2.75, 3.05) is 18.2 Å². The fourth-order valence-electron chi connectivity index (χ4n) is 3.12. The molecule has 0 aliphatic rings. The van der Waals surface area contributed by atoms with Crippen LogP contribution in [0.1, 0.15) is 20.8 Å². The molecule has 0 unspecified atom stereocenters. The highest BCUT2D eigenvalue weighted by Crippen LogP contribution is 2.36. The van der Waals surface area contributed by atoms with E-state index in [1.165, 1.54) is 11.3 Å². The molecule has 0 saturated heterocycles. The minimum atomic E-state index is -0.249. The fraction of sp³-hybridized carbons (Fsp3) is 0.143. The van der Waals surface area contributed by atoms with Crippen LogP contribution in [0.4, 0.5) is 11.4 Å². The molecular weight excluding hydrogens is 358 g/mol. The largest absolute Gasteiger partial charge is 0.497 e. The Hall–Kier alpha value is -3.12. The first-order chi connectivity index (χ1) is 13.0. The molecule has 136 valence electrons. The quantitative estimate of drug-likeness (QED) is 0.532. The van der Waals surface area contributed by atoms with Crippen molar-refractivity contribution in [1.29, 1.82) is 0 Å². The molecule has 0 radical (unpaired) electrons. The number of pyridine rings is 1. The fourth-order valence-corrected chi connectivity index (χ4v) is 4.09. The van der Waals surface area contributed by atoms with Gasteiger partial charge in [0, 0.05) is 22.5 Å². The number of nitrogens with zero attached hydrogens (tertiary/aromatic N) is 1. The van der Waals surface area contributed by atoms with Gasteiger partial charge in [-0.05, 0) is 43.2 Å². The van der Waals surface area contributed by atoms with E-state index >= 15 is 0 Å². The number of nitrogens with one attached hydrogen (secondary N) is 1. The Kier molecular flexibility index (Phi) is 4.20. The molecule has 0 atom stereocenters. The standard InChI is InChI=1S/C21H19N3O2S/c1-11-7-8-12(2)18-15(11)10-16-17(22)19(27-21(16)24-18)20(25)23-13-5-4-6-14(9-13)26-3/h4-10H,22H2,1-3H3,(H,23,25). The van der Waals surface area contributed by atoms with Crippen molar-refractivity contribution in [1.82, 2.24) is 4.98 Å². The van der Waals surface area contributed by atoms with Gasteiger partial charge in [0.15, 0.2) is 0 Å². The number of thiophene rings is 1. The van der Waals surface area contributed by atoms with Crippen LogP contribution >= 0.6 is 11.3 Å². The van der Waals surface area contributed by atoms with Crippen LogP contribution in [0.5, 0.6) is 5.75 Å². The molecule has 27 heavy (non-hydrogen) atoms. The number of nitrogen functional groups attached to an aromatic ring is 1. The lowest BCUT2D eigenvalue weighted by atomic mass is 10.0. The molecule has 0 fully saturated rings. The highest BCUT2D eigenvalue weighted by Gasteiger charge is 2.19. The van der Waals surface area contributed by atoms with E-state index in [-0.39, 0.29) is 5.91 Å². The molecule has 2 aromatic carbocycles. The zero-order valence-electron chi connectivity index (χ0n) is 15.3. The van der Waals surface area contributed by atoms with Gasteiger partial charge in [-0.25, -0.2) is 4.98 Å². The van der Waals surface area contributed by atoms with Gasteiger partial charge in [0.2, 0.25) is 0 Å². The SMILES string of the molecule is COc1cccc(NC(=O)c2sc3nc4c(C)ccc(C)c4cc3c2N)c1. The number of ether oxygens (including phenoxy) is 1. The first-order valence-corrected chi connectivity index (χ1v) is 9.34. The number of hydrogen-bond donors (Lipinski definition) is 2. The number of rotatable bonds is 3. The van der Waals surface area contributed by atoms with Crippen molar-refractivity contribution in [3.05, 3.63) is 58.5 Å². The summed E-state index contributed by atoms with van der Waals surface area (Å²) in [6, 6.07) is 13.4. The number of aromatic nitrogens is 1. The molecule has 5 nitrogen and oxygen atoms in total. The monoisotopic (exact) mass is 377 g/mol. The molecule has 0 bridgehead atoms. The van der Waals surface area contributed by atoms with E-state index in [4.69, 9.17) is 15.5 Å². The van der Waals surface area contributed by atoms with Gasteiger partial charge in [-0.2, -0.15) is 0 Å². The third-order valence-electron chi connectivity index (χ3n) is 4.64. The third kappa shape index (κ3) is 2.98. The zero-order chi connectivity index (χ0) is 19.1. The molecule has 0 spiro atoms. The highest BCUT2D eigenvalue weighted by atomic mass is 32.1. The summed E-state index contributed by atoms with van der Waals surface area (Å²) in [6.45, 7) is 4.09. The number of fused-ring (bicyclic) bond motifs is 2. The van der Waals surface area contributed by atoms with Crippen molar-refractivity contribution in [3.8, 4) is 5.75 Å². The van der Waals surface area contributed by atoms with Crippen LogP contribution in [-0.4, -0.2) is 18.0 Å². The summed E-state index contributed by atoms with van der Waals surface area (Å²) >= 11 is 1.31. The molecule has 4 aromatic rings. The molecule has 3 N–H and O–H groups in total. The van der Waals surface area contributed by atoms with Crippen molar-refractivity contribution in [2.24, 2.45) is 0 Å². The molecule has 1 amide bonds. The number of nitrogens with two attached hydrogens (primary N) is 1. The van der Waals surface area contributed by atoms with Gasteiger partial charge in [-0.3, -0.25) is 4.79 Å². The maximum Gasteiger partial charge on any atom is 0.267 e. The van der Waals surface area contributed by atoms with E-state index in [0.29, 0.717) is 22.0 Å². The van der Waals surface area contributed by atoms with Crippen LogP contribution in [0.3, 0.4) is 0 Å². The third-order valence-corrected chi connectivity index (χ3v) is 5.75. The summed E-state index contributed by atoms with van der Waals surface area (Å²) in [6.07, 6.45) is 0. The van der Waals surface area contributed by atoms with Crippen LogP contribution in [0.15, 0.2) is 42.5 Å². The molecular formula is C21H19N3O2S. The number of carbonyl (C=O) groups is 1. The highest BCUT2D eigenvalue weighted by molar-refractivity contribution is 7.21. The Morgan fingerprint density at radius 1 is 1.11 bits per heavy atom. The summed E-state index contributed by atoms with van der Waals surface area (Å²) in [5.41, 5.74) is 10.6. The zero-order valence-corrected chi connectivity index (χ0v) is 16.1. The van der Waals surface area contributed by atoms with Crippen LogP contribution in [-0.2, 0) is 0 Å². The van der Waals surface area contributed by atoms with Gasteiger partial charge in [0.25, 0.3) is 5.91 Å². The van der Waals surface area contributed by atoms with Crippen molar-refractivity contribution < 1.29 is 9.53 Å². The molecule has 0 saturated carbocycles. The van der Waals surface area contributed by atoms with Crippen molar-refractivity contribution in [3.63, 3.8) is 0 Å². The average Bonchev–Trinajstić information content (AvgIpc) is 3.00. The average molecular weight is 377 g/mol. The lowest BCUT2D eigenvalue weighted by Crippen LogP contribution is -2.11. The summed E-state index contributed by atoms with van der Waals surface area (Å²) in [4.78, 5) is 18.8. The summed E-state index contributed by atoms with van der Waals surface area (Å²) in [7, 11) is 1.59. The smallest absolute Gasteiger partial charge is 0.267 e. The Morgan fingerprint density at radius 2 is 1.89 bits per heavy atom. The Labute approximate surface area is 160 Å². The summed E-state index contributed by atoms with van der Waals surface area (Å²) < 4.78 is 5.20. The lowest BCUT2D eigenvalue weighted by Gasteiger charge is -2.06. The lowest BCUT2D eigenvalue weighted by molar-refractivity contribution is 0.103. The van der Waals surface area contributed by atoms with E-state index in [9.17, 15) is 4.79 Å². The number of hydrogen-bond acceptors (Lipinski definition) is 5. The van der Waals surface area contributed by atoms with E-state index in [1.54, 1.807) is 13.2 Å². The summed E-state index contributed by atoms with van der Waals surface area (Å²) in [5.74, 6) is 0.428. The number of anilines is 2. The Balaban J connectivity index is 1.78. The van der Waals surface area contributed by atoms with Crippen LogP contribution < -0.4 is 15.8 Å². The first-order valence-electron chi connectivity index (χ1n) is 8.52. The second kappa shape index (κ2) is 6.55. The Morgan fingerprint density at radius 3 is 2.67 bits per heavy atom. The van der Waals surface area contributed by atoms with E-state index in [0.717, 1.165) is 32.2 Å². The maximum absolute atomic E-state index is 12.8. The second-order valence-corrected chi connectivity index (χ2v) is 7.47. The molecule has 0 aliphatic carbocycles. The van der Waals surface area contributed by atoms with E-state index < -0.39 is 0 Å². The maximum atomic E-state index is 12.8. The van der Waals surface area contributed by atoms with Crippen LogP contribution in [0, 0.1) is 13.8 Å². The van der Waals surface area contributed by atoms with Gasteiger partial charge < -0.3 is 15.8 Å². The van der Waals surface area contributed by atoms with Gasteiger partial charge in [0.05, 0.1) is 18.3 Å². The first kappa shape index (κ1) is 17.3. The second-order valence-electron chi connectivity index (χ2n) is 6.47. The Bertz CT molecular complexity index is 1200. The van der Waals surface area contributed by atoms with E-state index in [2.05, 4.69) is 17.4 Å². The van der Waals surface area contributed by atoms with Gasteiger partial charge in [-0.15, -0.1) is 11.3 Å². The van der Waals surface area contributed by atoms with Crippen LogP contribution in [0.25, 0.3) is 21.1 Å². The molecule has 4 rings (SSSR count). The molecule has 2 aromatic heterocycles. The van der Waals surface area contributed by atoms with Gasteiger partial charge in [-0.1, -0.05) is 18.2 Å². The number of amides is 1. The van der Waals surface area contributed by atoms with Gasteiger partial charge >= 0.3 is 0 Å². The predicted molar refractivity (Wildman–Crippen MR) is 112 cm³/mol. The van der Waals surface area contributed by atoms with Crippen molar-refractivity contribution in [2.45, 2.75) is 13.8 Å². The molecule has 0 aliphatic heterocycles. The normalized spacial score (nSPS) is 11.1. The number of benzene rings is 2. The minimum Gasteiger partial charge on any atom is -0.497 e. The van der Waals surface area contributed by atoms with E-state index in [1.807, 2.05) is 38.1 Å². The number of carbonyl (C=O) groups excluding carboxylic acids is 1.